The van der Waals surface area contributed by atoms with Crippen LogP contribution in [0.4, 0.5) is 17.6 Å². The standard InChI is InChI=1S/C26H28F4N6O2S/c1-18-14-23-19(16-31-36(23)21-6-4-20(27)5-7-21)15-22(18)24-17-35(39(37,38)25-8-11-33(2)32-25)13-12-34(24)10-3-9-26(28,29)30/h4-8,11,14-16,24H,3,9-10,12-13,17H2,1-2H3. The lowest BCUT2D eigenvalue weighted by Crippen LogP contribution is -2.50. The summed E-state index contributed by atoms with van der Waals surface area (Å²) in [6.45, 7) is 2.56. The molecule has 1 unspecified atom stereocenters. The number of aryl methyl sites for hydroxylation is 2. The zero-order chi connectivity index (χ0) is 27.9. The van der Waals surface area contributed by atoms with E-state index in [1.54, 1.807) is 36.3 Å². The first kappa shape index (κ1) is 27.3. The van der Waals surface area contributed by atoms with Crippen molar-refractivity contribution >= 4 is 20.9 Å². The van der Waals surface area contributed by atoms with Gasteiger partial charge in [-0.05, 0) is 73.5 Å². The van der Waals surface area contributed by atoms with Crippen LogP contribution in [0.1, 0.15) is 30.0 Å². The Bertz CT molecular complexity index is 1580. The maximum Gasteiger partial charge on any atom is 0.389 e. The lowest BCUT2D eigenvalue weighted by molar-refractivity contribution is -0.136. The lowest BCUT2D eigenvalue weighted by Gasteiger charge is -2.41. The molecule has 0 saturated carbocycles. The van der Waals surface area contributed by atoms with Crippen molar-refractivity contribution in [2.75, 3.05) is 26.2 Å². The summed E-state index contributed by atoms with van der Waals surface area (Å²) in [5.41, 5.74) is 3.11. The quantitative estimate of drug-likeness (QED) is 0.307. The number of aromatic nitrogens is 4. The molecule has 1 fully saturated rings. The number of fused-ring (bicyclic) bond motifs is 1. The van der Waals surface area contributed by atoms with Gasteiger partial charge in [-0.25, -0.2) is 17.5 Å². The number of rotatable bonds is 7. The Morgan fingerprint density at radius 1 is 1.08 bits per heavy atom. The molecule has 1 aliphatic rings. The lowest BCUT2D eigenvalue weighted by atomic mass is 9.96. The monoisotopic (exact) mass is 564 g/mol. The van der Waals surface area contributed by atoms with Gasteiger partial charge in [0.05, 0.1) is 17.4 Å². The summed E-state index contributed by atoms with van der Waals surface area (Å²) in [5.74, 6) is -0.359. The van der Waals surface area contributed by atoms with Gasteiger partial charge in [0, 0.05) is 50.7 Å². The minimum atomic E-state index is -4.26. The van der Waals surface area contributed by atoms with E-state index in [0.29, 0.717) is 5.69 Å². The summed E-state index contributed by atoms with van der Waals surface area (Å²) < 4.78 is 83.3. The summed E-state index contributed by atoms with van der Waals surface area (Å²) in [6, 6.07) is 10.7. The Kier molecular flexibility index (Phi) is 7.25. The van der Waals surface area contributed by atoms with Gasteiger partial charge in [0.1, 0.15) is 5.82 Å². The summed E-state index contributed by atoms with van der Waals surface area (Å²) in [6.07, 6.45) is -2.04. The maximum absolute atomic E-state index is 13.4. The molecule has 8 nitrogen and oxygen atoms in total. The summed E-state index contributed by atoms with van der Waals surface area (Å²) in [4.78, 5) is 1.93. The number of piperazine rings is 1. The largest absolute Gasteiger partial charge is 0.389 e. The molecule has 0 amide bonds. The molecule has 0 aliphatic carbocycles. The number of hydrogen-bond donors (Lipinski definition) is 0. The van der Waals surface area contributed by atoms with Crippen LogP contribution in [0.25, 0.3) is 16.6 Å². The molecule has 5 rings (SSSR count). The Labute approximate surface area is 223 Å². The van der Waals surface area contributed by atoms with Crippen molar-refractivity contribution in [1.29, 1.82) is 0 Å². The van der Waals surface area contributed by atoms with Crippen molar-refractivity contribution in [1.82, 2.24) is 28.8 Å². The Balaban J connectivity index is 1.50. The third-order valence-corrected chi connectivity index (χ3v) is 8.80. The zero-order valence-electron chi connectivity index (χ0n) is 21.4. The van der Waals surface area contributed by atoms with Gasteiger partial charge in [-0.15, -0.1) is 0 Å². The van der Waals surface area contributed by atoms with Crippen molar-refractivity contribution in [2.24, 2.45) is 7.05 Å². The molecule has 2 aromatic carbocycles. The number of benzene rings is 2. The van der Waals surface area contributed by atoms with Crippen molar-refractivity contribution < 1.29 is 26.0 Å². The van der Waals surface area contributed by atoms with Crippen LogP contribution < -0.4 is 0 Å². The molecule has 0 radical (unpaired) electrons. The van der Waals surface area contributed by atoms with E-state index in [9.17, 15) is 26.0 Å². The normalized spacial score (nSPS) is 17.7. The van der Waals surface area contributed by atoms with Crippen LogP contribution in [-0.2, 0) is 17.1 Å². The molecule has 3 heterocycles. The second-order valence-corrected chi connectivity index (χ2v) is 11.6. The average molecular weight is 565 g/mol. The molecule has 1 aliphatic heterocycles. The maximum atomic E-state index is 13.4. The minimum absolute atomic E-state index is 0.0676. The highest BCUT2D eigenvalue weighted by molar-refractivity contribution is 7.89. The van der Waals surface area contributed by atoms with Crippen LogP contribution in [0.2, 0.25) is 0 Å². The number of sulfonamides is 1. The minimum Gasteiger partial charge on any atom is -0.294 e. The first-order valence-electron chi connectivity index (χ1n) is 12.5. The van der Waals surface area contributed by atoms with Gasteiger partial charge >= 0.3 is 6.18 Å². The van der Waals surface area contributed by atoms with E-state index in [0.717, 1.165) is 22.0 Å². The summed E-state index contributed by atoms with van der Waals surface area (Å²) >= 11 is 0. The Morgan fingerprint density at radius 3 is 2.49 bits per heavy atom. The molecule has 2 aromatic heterocycles. The van der Waals surface area contributed by atoms with Crippen molar-refractivity contribution in [3.05, 3.63) is 71.8 Å². The molecular weight excluding hydrogens is 536 g/mol. The smallest absolute Gasteiger partial charge is 0.294 e. The molecule has 1 atom stereocenters. The number of nitrogens with zero attached hydrogens (tertiary/aromatic N) is 6. The van der Waals surface area contributed by atoms with Gasteiger partial charge < -0.3 is 0 Å². The van der Waals surface area contributed by atoms with Crippen LogP contribution in [0.15, 0.2) is 59.9 Å². The number of alkyl halides is 3. The van der Waals surface area contributed by atoms with E-state index in [4.69, 9.17) is 0 Å². The fraction of sp³-hybridized carbons (Fsp3) is 0.385. The molecule has 4 aromatic rings. The average Bonchev–Trinajstić information content (AvgIpc) is 3.50. The van der Waals surface area contributed by atoms with Crippen molar-refractivity contribution in [3.8, 4) is 5.69 Å². The van der Waals surface area contributed by atoms with E-state index < -0.39 is 28.7 Å². The van der Waals surface area contributed by atoms with Crippen LogP contribution in [0.3, 0.4) is 0 Å². The molecule has 208 valence electrons. The third kappa shape index (κ3) is 5.70. The molecule has 0 spiro atoms. The Morgan fingerprint density at radius 2 is 1.82 bits per heavy atom. The van der Waals surface area contributed by atoms with Crippen molar-refractivity contribution in [2.45, 2.75) is 37.0 Å². The van der Waals surface area contributed by atoms with E-state index in [1.165, 1.54) is 27.2 Å². The van der Waals surface area contributed by atoms with Crippen LogP contribution in [-0.4, -0.2) is 69.5 Å². The van der Waals surface area contributed by atoms with Crippen molar-refractivity contribution in [3.63, 3.8) is 0 Å². The molecular formula is C26H28F4N6O2S. The molecule has 0 bridgehead atoms. The van der Waals surface area contributed by atoms with Crippen LogP contribution >= 0.6 is 0 Å². The first-order chi connectivity index (χ1) is 18.4. The second kappa shape index (κ2) is 10.4. The SMILES string of the molecule is Cc1cc2c(cnn2-c2ccc(F)cc2)cc1C1CN(S(=O)(=O)c2ccn(C)n2)CCN1CCCC(F)(F)F. The highest BCUT2D eigenvalue weighted by atomic mass is 32.2. The zero-order valence-corrected chi connectivity index (χ0v) is 22.3. The highest BCUT2D eigenvalue weighted by Crippen LogP contribution is 2.34. The topological polar surface area (TPSA) is 76.3 Å². The van der Waals surface area contributed by atoms with Crippen LogP contribution in [0, 0.1) is 12.7 Å². The van der Waals surface area contributed by atoms with E-state index in [-0.39, 0.29) is 43.4 Å². The van der Waals surface area contributed by atoms with E-state index in [2.05, 4.69) is 10.2 Å². The van der Waals surface area contributed by atoms with E-state index in [1.807, 2.05) is 24.0 Å². The van der Waals surface area contributed by atoms with Gasteiger partial charge in [0.2, 0.25) is 0 Å². The summed E-state index contributed by atoms with van der Waals surface area (Å²) in [5, 5.41) is 9.22. The predicted octanol–water partition coefficient (Wildman–Crippen LogP) is 4.60. The van der Waals surface area contributed by atoms with Gasteiger partial charge in [-0.3, -0.25) is 9.58 Å². The van der Waals surface area contributed by atoms with Gasteiger partial charge in [-0.2, -0.15) is 27.7 Å². The van der Waals surface area contributed by atoms with Gasteiger partial charge in [0.15, 0.2) is 5.03 Å². The highest BCUT2D eigenvalue weighted by Gasteiger charge is 2.37. The predicted molar refractivity (Wildman–Crippen MR) is 137 cm³/mol. The molecule has 1 saturated heterocycles. The fourth-order valence-electron chi connectivity index (χ4n) is 5.07. The fourth-order valence-corrected chi connectivity index (χ4v) is 6.45. The van der Waals surface area contributed by atoms with Crippen LogP contribution in [0.5, 0.6) is 0 Å². The van der Waals surface area contributed by atoms with Gasteiger partial charge in [0.25, 0.3) is 10.0 Å². The molecule has 0 N–H and O–H groups in total. The second-order valence-electron chi connectivity index (χ2n) is 9.76. The molecule has 13 heteroatoms. The molecule has 39 heavy (non-hydrogen) atoms. The third-order valence-electron chi connectivity index (χ3n) is 7.04. The summed E-state index contributed by atoms with van der Waals surface area (Å²) in [7, 11) is -2.26. The first-order valence-corrected chi connectivity index (χ1v) is 13.9. The number of hydrogen-bond acceptors (Lipinski definition) is 5. The van der Waals surface area contributed by atoms with Gasteiger partial charge in [-0.1, -0.05) is 0 Å². The number of halogens is 4. The Hall–Kier alpha value is -3.29. The van der Waals surface area contributed by atoms with E-state index >= 15 is 0 Å².